The summed E-state index contributed by atoms with van der Waals surface area (Å²) in [6.07, 6.45) is 0. The third kappa shape index (κ3) is 3.14. The molecule has 3 N–H and O–H groups in total. The maximum atomic E-state index is 12.3. The van der Waals surface area contributed by atoms with Gasteiger partial charge in [0.05, 0.1) is 16.7 Å². The number of H-pyrrole nitrogens is 2. The third-order valence-corrected chi connectivity index (χ3v) is 4.01. The Kier molecular flexibility index (Phi) is 3.78. The van der Waals surface area contributed by atoms with Gasteiger partial charge in [-0.15, -0.1) is 0 Å². The second-order valence-corrected chi connectivity index (χ2v) is 5.89. The molecule has 4 rings (SSSR count). The predicted octanol–water partition coefficient (Wildman–Crippen LogP) is 3.19. The average Bonchev–Trinajstić information content (AvgIpc) is 3.26. The minimum atomic E-state index is -0.185. The normalized spacial score (nSPS) is 10.9. The number of amides is 1. The summed E-state index contributed by atoms with van der Waals surface area (Å²) in [7, 11) is 0. The molecule has 0 spiro atoms. The number of aromatic amines is 2. The van der Waals surface area contributed by atoms with Crippen molar-refractivity contribution in [2.45, 2.75) is 13.5 Å². The lowest BCUT2D eigenvalue weighted by Gasteiger charge is -2.03. The van der Waals surface area contributed by atoms with Crippen LogP contribution in [0, 0.1) is 6.92 Å². The summed E-state index contributed by atoms with van der Waals surface area (Å²) in [5.41, 5.74) is 5.06. The SMILES string of the molecule is Cc1nc2ccc(CNC(=O)c3cc(-c4ccccc4)n[nH]3)cc2[nH]1. The van der Waals surface area contributed by atoms with Crippen LogP contribution in [0.1, 0.15) is 21.9 Å². The minimum absolute atomic E-state index is 0.185. The molecule has 2 aromatic carbocycles. The first-order valence-electron chi connectivity index (χ1n) is 8.03. The molecule has 2 aromatic heterocycles. The van der Waals surface area contributed by atoms with E-state index in [0.29, 0.717) is 12.2 Å². The average molecular weight is 331 g/mol. The molecule has 4 aromatic rings. The molecule has 0 bridgehead atoms. The Morgan fingerprint density at radius 1 is 1.12 bits per heavy atom. The number of carbonyl (C=O) groups is 1. The summed E-state index contributed by atoms with van der Waals surface area (Å²) in [5, 5.41) is 9.91. The van der Waals surface area contributed by atoms with Gasteiger partial charge < -0.3 is 10.3 Å². The second kappa shape index (κ2) is 6.24. The second-order valence-electron chi connectivity index (χ2n) is 5.89. The Hall–Kier alpha value is -3.41. The number of imidazole rings is 1. The summed E-state index contributed by atoms with van der Waals surface area (Å²) < 4.78 is 0. The number of carbonyl (C=O) groups excluding carboxylic acids is 1. The van der Waals surface area contributed by atoms with Gasteiger partial charge in [0, 0.05) is 12.1 Å². The summed E-state index contributed by atoms with van der Waals surface area (Å²) in [5.74, 6) is 0.692. The maximum absolute atomic E-state index is 12.3. The molecule has 0 unspecified atom stereocenters. The van der Waals surface area contributed by atoms with Gasteiger partial charge in [0.1, 0.15) is 11.5 Å². The zero-order valence-corrected chi connectivity index (χ0v) is 13.7. The Balaban J connectivity index is 1.45. The summed E-state index contributed by atoms with van der Waals surface area (Å²) in [6, 6.07) is 17.4. The van der Waals surface area contributed by atoms with Crippen molar-refractivity contribution in [2.75, 3.05) is 0 Å². The van der Waals surface area contributed by atoms with Crippen molar-refractivity contribution >= 4 is 16.9 Å². The van der Waals surface area contributed by atoms with E-state index in [2.05, 4.69) is 25.5 Å². The van der Waals surface area contributed by atoms with Crippen molar-refractivity contribution in [3.63, 3.8) is 0 Å². The van der Waals surface area contributed by atoms with E-state index in [4.69, 9.17) is 0 Å². The van der Waals surface area contributed by atoms with Gasteiger partial charge >= 0.3 is 0 Å². The van der Waals surface area contributed by atoms with Crippen molar-refractivity contribution < 1.29 is 4.79 Å². The van der Waals surface area contributed by atoms with Gasteiger partial charge in [-0.25, -0.2) is 4.98 Å². The standard InChI is InChI=1S/C19H17N5O/c1-12-21-15-8-7-13(9-17(15)22-12)11-20-19(25)18-10-16(23-24-18)14-5-3-2-4-6-14/h2-10H,11H2,1H3,(H,20,25)(H,21,22)(H,23,24). The van der Waals surface area contributed by atoms with Crippen LogP contribution in [0.5, 0.6) is 0 Å². The lowest BCUT2D eigenvalue weighted by Crippen LogP contribution is -2.23. The summed E-state index contributed by atoms with van der Waals surface area (Å²) >= 11 is 0. The highest BCUT2D eigenvalue weighted by Gasteiger charge is 2.11. The van der Waals surface area contributed by atoms with Gasteiger partial charge in [0.25, 0.3) is 5.91 Å². The summed E-state index contributed by atoms with van der Waals surface area (Å²) in [4.78, 5) is 19.9. The number of nitrogens with one attached hydrogen (secondary N) is 3. The van der Waals surface area contributed by atoms with Gasteiger partial charge in [-0.3, -0.25) is 9.89 Å². The first-order valence-corrected chi connectivity index (χ1v) is 8.03. The number of aryl methyl sites for hydroxylation is 1. The van der Waals surface area contributed by atoms with Crippen molar-refractivity contribution in [2.24, 2.45) is 0 Å². The quantitative estimate of drug-likeness (QED) is 0.537. The molecule has 0 aliphatic rings. The number of nitrogens with zero attached hydrogens (tertiary/aromatic N) is 2. The van der Waals surface area contributed by atoms with E-state index in [1.807, 2.05) is 55.5 Å². The fraction of sp³-hybridized carbons (Fsp3) is 0.105. The van der Waals surface area contributed by atoms with E-state index in [1.54, 1.807) is 6.07 Å². The molecule has 124 valence electrons. The fourth-order valence-corrected chi connectivity index (χ4v) is 2.77. The van der Waals surface area contributed by atoms with Crippen LogP contribution in [0.2, 0.25) is 0 Å². The predicted molar refractivity (Wildman–Crippen MR) is 96.0 cm³/mol. The number of aromatic nitrogens is 4. The van der Waals surface area contributed by atoms with Gasteiger partial charge in [-0.1, -0.05) is 36.4 Å². The molecule has 0 atom stereocenters. The van der Waals surface area contributed by atoms with Gasteiger partial charge in [0.2, 0.25) is 0 Å². The molecule has 0 saturated heterocycles. The van der Waals surface area contributed by atoms with Crippen LogP contribution in [0.4, 0.5) is 0 Å². The van der Waals surface area contributed by atoms with Gasteiger partial charge in [-0.2, -0.15) is 5.10 Å². The molecule has 6 heteroatoms. The molecule has 1 amide bonds. The van der Waals surface area contributed by atoms with Crippen LogP contribution in [0.25, 0.3) is 22.3 Å². The van der Waals surface area contributed by atoms with Crippen LogP contribution >= 0.6 is 0 Å². The van der Waals surface area contributed by atoms with E-state index >= 15 is 0 Å². The van der Waals surface area contributed by atoms with E-state index in [0.717, 1.165) is 33.7 Å². The van der Waals surface area contributed by atoms with Crippen LogP contribution in [0.3, 0.4) is 0 Å². The lowest BCUT2D eigenvalue weighted by molar-refractivity contribution is 0.0946. The monoisotopic (exact) mass is 331 g/mol. The third-order valence-electron chi connectivity index (χ3n) is 4.01. The summed E-state index contributed by atoms with van der Waals surface area (Å²) in [6.45, 7) is 2.36. The van der Waals surface area contributed by atoms with E-state index in [9.17, 15) is 4.79 Å². The van der Waals surface area contributed by atoms with Crippen LogP contribution < -0.4 is 5.32 Å². The van der Waals surface area contributed by atoms with Crippen molar-refractivity contribution in [1.29, 1.82) is 0 Å². The number of hydrogen-bond donors (Lipinski definition) is 3. The zero-order valence-electron chi connectivity index (χ0n) is 13.7. The highest BCUT2D eigenvalue weighted by atomic mass is 16.1. The molecule has 0 saturated carbocycles. The number of hydrogen-bond acceptors (Lipinski definition) is 3. The number of rotatable bonds is 4. The zero-order chi connectivity index (χ0) is 17.2. The van der Waals surface area contributed by atoms with Gasteiger partial charge in [-0.05, 0) is 30.7 Å². The lowest BCUT2D eigenvalue weighted by atomic mass is 10.1. The molecular weight excluding hydrogens is 314 g/mol. The van der Waals surface area contributed by atoms with Crippen molar-refractivity contribution in [3.05, 3.63) is 71.7 Å². The van der Waals surface area contributed by atoms with E-state index in [-0.39, 0.29) is 5.91 Å². The molecule has 0 aliphatic heterocycles. The Morgan fingerprint density at radius 3 is 2.80 bits per heavy atom. The van der Waals surface area contributed by atoms with Crippen LogP contribution in [0.15, 0.2) is 54.6 Å². The molecule has 6 nitrogen and oxygen atoms in total. The number of fused-ring (bicyclic) bond motifs is 1. The van der Waals surface area contributed by atoms with E-state index < -0.39 is 0 Å². The first-order chi connectivity index (χ1) is 12.2. The van der Waals surface area contributed by atoms with Crippen LogP contribution in [-0.2, 0) is 6.54 Å². The smallest absolute Gasteiger partial charge is 0.269 e. The molecule has 0 radical (unpaired) electrons. The maximum Gasteiger partial charge on any atom is 0.269 e. The molecule has 0 aliphatic carbocycles. The Bertz CT molecular complexity index is 1030. The minimum Gasteiger partial charge on any atom is -0.347 e. The fourth-order valence-electron chi connectivity index (χ4n) is 2.77. The first kappa shape index (κ1) is 15.1. The Morgan fingerprint density at radius 2 is 1.96 bits per heavy atom. The Labute approximate surface area is 144 Å². The number of benzene rings is 2. The molecular formula is C19H17N5O. The molecule has 0 fully saturated rings. The van der Waals surface area contributed by atoms with Crippen molar-refractivity contribution in [3.8, 4) is 11.3 Å². The van der Waals surface area contributed by atoms with Gasteiger partial charge in [0.15, 0.2) is 0 Å². The topological polar surface area (TPSA) is 86.5 Å². The largest absolute Gasteiger partial charge is 0.347 e. The van der Waals surface area contributed by atoms with Crippen molar-refractivity contribution in [1.82, 2.24) is 25.5 Å². The molecule has 25 heavy (non-hydrogen) atoms. The highest BCUT2D eigenvalue weighted by molar-refractivity contribution is 5.93. The van der Waals surface area contributed by atoms with Crippen LogP contribution in [-0.4, -0.2) is 26.1 Å². The molecule has 2 heterocycles. The highest BCUT2D eigenvalue weighted by Crippen LogP contribution is 2.17. The van der Waals surface area contributed by atoms with E-state index in [1.165, 1.54) is 0 Å².